The number of pyridine rings is 1. The molecule has 0 aromatic carbocycles. The number of aromatic nitrogens is 1. The normalized spacial score (nSPS) is 22.6. The number of amides is 1. The summed E-state index contributed by atoms with van der Waals surface area (Å²) in [7, 11) is 0. The minimum Gasteiger partial charge on any atom is -0.370 e. The number of hydrogen-bond donors (Lipinski definition) is 2. The van der Waals surface area contributed by atoms with Crippen LogP contribution in [0.25, 0.3) is 0 Å². The largest absolute Gasteiger partial charge is 0.433 e. The number of alkyl halides is 3. The van der Waals surface area contributed by atoms with E-state index in [0.717, 1.165) is 25.1 Å². The highest BCUT2D eigenvalue weighted by Crippen LogP contribution is 2.36. The van der Waals surface area contributed by atoms with Gasteiger partial charge in [-0.3, -0.25) is 9.78 Å². The zero-order valence-electron chi connectivity index (χ0n) is 19.1. The van der Waals surface area contributed by atoms with Gasteiger partial charge in [0.25, 0.3) is 5.91 Å². The number of carbonyl (C=O) groups is 2. The maximum absolute atomic E-state index is 13.3. The first kappa shape index (κ1) is 24.3. The van der Waals surface area contributed by atoms with Gasteiger partial charge in [-0.15, -0.1) is 5.48 Å². The molecule has 2 atom stereocenters. The van der Waals surface area contributed by atoms with Crippen molar-refractivity contribution >= 4 is 17.6 Å². The molecular weight excluding hydrogens is 425 g/mol. The summed E-state index contributed by atoms with van der Waals surface area (Å²) in [4.78, 5) is 35.4. The highest BCUT2D eigenvalue weighted by atomic mass is 19.4. The van der Waals surface area contributed by atoms with Crippen LogP contribution in [0.4, 0.5) is 18.9 Å². The van der Waals surface area contributed by atoms with Crippen molar-refractivity contribution in [3.05, 3.63) is 23.5 Å². The first-order chi connectivity index (χ1) is 14.7. The van der Waals surface area contributed by atoms with Crippen LogP contribution in [0.2, 0.25) is 0 Å². The van der Waals surface area contributed by atoms with Crippen molar-refractivity contribution in [1.29, 1.82) is 0 Å². The molecular formula is C22H31F3N4O3. The van der Waals surface area contributed by atoms with Crippen molar-refractivity contribution in [2.75, 3.05) is 18.0 Å². The monoisotopic (exact) mass is 456 g/mol. The zero-order chi connectivity index (χ0) is 23.9. The van der Waals surface area contributed by atoms with Gasteiger partial charge < -0.3 is 15.1 Å². The van der Waals surface area contributed by atoms with Crippen LogP contribution >= 0.6 is 0 Å². The number of carbonyl (C=O) groups excluding carboxylic acids is 2. The molecule has 1 unspecified atom stereocenters. The molecule has 0 spiro atoms. The van der Waals surface area contributed by atoms with Crippen LogP contribution in [0.3, 0.4) is 0 Å². The van der Waals surface area contributed by atoms with Crippen LogP contribution in [0, 0.1) is 11.3 Å². The van der Waals surface area contributed by atoms with Crippen molar-refractivity contribution in [3.63, 3.8) is 0 Å². The lowest BCUT2D eigenvalue weighted by Gasteiger charge is -2.28. The average molecular weight is 457 g/mol. The number of hydrogen-bond acceptors (Lipinski definition) is 6. The Balaban J connectivity index is 1.81. The van der Waals surface area contributed by atoms with E-state index in [4.69, 9.17) is 4.84 Å². The standard InChI is InChI=1S/C22H31F3N4O3/c1-13(14-6-7-14)27-18(30)15-11-26-17(22(23,24)25)10-16(15)29-9-8-21(5,12-29)28-32-19(31)20(2,3)4/h10-11,13-14,28H,6-9,12H2,1-5H3,(H,27,30)/t13-,21?/m0/s1. The molecule has 7 nitrogen and oxygen atoms in total. The van der Waals surface area contributed by atoms with Gasteiger partial charge in [-0.1, -0.05) is 0 Å². The Labute approximate surface area is 186 Å². The highest BCUT2D eigenvalue weighted by molar-refractivity contribution is 5.99. The smallest absolute Gasteiger partial charge is 0.370 e. The molecule has 2 N–H and O–H groups in total. The Kier molecular flexibility index (Phi) is 6.48. The molecule has 178 valence electrons. The van der Waals surface area contributed by atoms with Gasteiger partial charge in [0.2, 0.25) is 0 Å². The molecule has 2 fully saturated rings. The van der Waals surface area contributed by atoms with Crippen LogP contribution in [0.1, 0.15) is 69.9 Å². The number of anilines is 1. The van der Waals surface area contributed by atoms with Gasteiger partial charge in [0.15, 0.2) is 0 Å². The summed E-state index contributed by atoms with van der Waals surface area (Å²) < 4.78 is 40.0. The fourth-order valence-electron chi connectivity index (χ4n) is 3.61. The summed E-state index contributed by atoms with van der Waals surface area (Å²) in [6.07, 6.45) is -1.07. The Hall–Kier alpha value is -2.36. The quantitative estimate of drug-likeness (QED) is 0.636. The summed E-state index contributed by atoms with van der Waals surface area (Å²) in [6.45, 7) is 9.54. The number of halogens is 3. The summed E-state index contributed by atoms with van der Waals surface area (Å²) >= 11 is 0. The fraction of sp³-hybridized carbons (Fsp3) is 0.682. The number of hydroxylamine groups is 1. The van der Waals surface area contributed by atoms with E-state index in [9.17, 15) is 22.8 Å². The molecule has 1 aromatic heterocycles. The van der Waals surface area contributed by atoms with Crippen molar-refractivity contribution in [2.45, 2.75) is 71.6 Å². The van der Waals surface area contributed by atoms with Crippen molar-refractivity contribution < 1.29 is 27.6 Å². The van der Waals surface area contributed by atoms with Gasteiger partial charge in [-0.25, -0.2) is 4.79 Å². The summed E-state index contributed by atoms with van der Waals surface area (Å²) in [6, 6.07) is 0.865. The predicted molar refractivity (Wildman–Crippen MR) is 113 cm³/mol. The molecule has 1 saturated carbocycles. The minimum absolute atomic E-state index is 0.0556. The Morgan fingerprint density at radius 3 is 2.50 bits per heavy atom. The first-order valence-electron chi connectivity index (χ1n) is 10.8. The molecule has 2 heterocycles. The second kappa shape index (κ2) is 8.53. The molecule has 0 bridgehead atoms. The van der Waals surface area contributed by atoms with E-state index in [1.807, 2.05) is 13.8 Å². The topological polar surface area (TPSA) is 83.6 Å². The van der Waals surface area contributed by atoms with E-state index in [-0.39, 0.29) is 23.8 Å². The molecule has 2 aliphatic rings. The molecule has 10 heteroatoms. The summed E-state index contributed by atoms with van der Waals surface area (Å²) in [5.74, 6) is -0.475. The van der Waals surface area contributed by atoms with Crippen LogP contribution in [-0.4, -0.2) is 41.5 Å². The van der Waals surface area contributed by atoms with Gasteiger partial charge in [0.1, 0.15) is 5.69 Å². The third kappa shape index (κ3) is 5.70. The van der Waals surface area contributed by atoms with Gasteiger partial charge in [0.05, 0.1) is 22.2 Å². The predicted octanol–water partition coefficient (Wildman–Crippen LogP) is 3.69. The van der Waals surface area contributed by atoms with Crippen LogP contribution in [-0.2, 0) is 15.8 Å². The lowest BCUT2D eigenvalue weighted by Crippen LogP contribution is -2.47. The molecule has 3 rings (SSSR count). The van der Waals surface area contributed by atoms with Crippen LogP contribution in [0.5, 0.6) is 0 Å². The van der Waals surface area contributed by atoms with Crippen LogP contribution < -0.4 is 15.7 Å². The van der Waals surface area contributed by atoms with Crippen molar-refractivity contribution in [1.82, 2.24) is 15.8 Å². The lowest BCUT2D eigenvalue weighted by molar-refractivity contribution is -0.165. The first-order valence-corrected chi connectivity index (χ1v) is 10.8. The summed E-state index contributed by atoms with van der Waals surface area (Å²) in [5, 5.41) is 2.89. The molecule has 1 saturated heterocycles. The van der Waals surface area contributed by atoms with Gasteiger partial charge in [-0.2, -0.15) is 13.2 Å². The molecule has 32 heavy (non-hydrogen) atoms. The maximum atomic E-state index is 13.3. The van der Waals surface area contributed by atoms with E-state index < -0.39 is 34.7 Å². The second-order valence-corrected chi connectivity index (χ2v) is 10.2. The van der Waals surface area contributed by atoms with Crippen molar-refractivity contribution in [3.8, 4) is 0 Å². The minimum atomic E-state index is -4.63. The van der Waals surface area contributed by atoms with Gasteiger partial charge >= 0.3 is 12.1 Å². The lowest BCUT2D eigenvalue weighted by atomic mass is 9.97. The summed E-state index contributed by atoms with van der Waals surface area (Å²) in [5.41, 5.74) is 0.614. The van der Waals surface area contributed by atoms with E-state index in [1.54, 1.807) is 25.7 Å². The van der Waals surface area contributed by atoms with Gasteiger partial charge in [0, 0.05) is 25.3 Å². The molecule has 0 radical (unpaired) electrons. The Morgan fingerprint density at radius 2 is 1.94 bits per heavy atom. The highest BCUT2D eigenvalue weighted by Gasteiger charge is 2.40. The van der Waals surface area contributed by atoms with E-state index in [2.05, 4.69) is 15.8 Å². The van der Waals surface area contributed by atoms with E-state index in [0.29, 0.717) is 18.9 Å². The van der Waals surface area contributed by atoms with Crippen molar-refractivity contribution in [2.24, 2.45) is 11.3 Å². The average Bonchev–Trinajstić information content (AvgIpc) is 3.47. The van der Waals surface area contributed by atoms with Crippen LogP contribution in [0.15, 0.2) is 12.3 Å². The molecule has 1 amide bonds. The molecule has 1 aliphatic carbocycles. The molecule has 1 aliphatic heterocycles. The number of nitrogens with one attached hydrogen (secondary N) is 2. The third-order valence-corrected chi connectivity index (χ3v) is 5.92. The maximum Gasteiger partial charge on any atom is 0.433 e. The fourth-order valence-corrected chi connectivity index (χ4v) is 3.61. The number of nitrogens with zero attached hydrogens (tertiary/aromatic N) is 2. The molecule has 1 aromatic rings. The Morgan fingerprint density at radius 1 is 1.28 bits per heavy atom. The van der Waals surface area contributed by atoms with E-state index >= 15 is 0 Å². The number of rotatable bonds is 6. The second-order valence-electron chi connectivity index (χ2n) is 10.2. The third-order valence-electron chi connectivity index (χ3n) is 5.92. The Bertz CT molecular complexity index is 880. The van der Waals surface area contributed by atoms with Gasteiger partial charge in [-0.05, 0) is 65.9 Å². The zero-order valence-corrected chi connectivity index (χ0v) is 19.1. The van der Waals surface area contributed by atoms with E-state index in [1.165, 1.54) is 0 Å². The SMILES string of the molecule is C[C@H](NC(=O)c1cnc(C(F)(F)F)cc1N1CCC(C)(NOC(=O)C(C)(C)C)C1)C1CC1.